The molecule has 0 aliphatic heterocycles. The summed E-state index contributed by atoms with van der Waals surface area (Å²) in [5.74, 6) is -0.0978. The highest BCUT2D eigenvalue weighted by Crippen LogP contribution is 2.19. The van der Waals surface area contributed by atoms with Crippen LogP contribution >= 0.6 is 0 Å². The van der Waals surface area contributed by atoms with Crippen LogP contribution in [-0.2, 0) is 0 Å². The van der Waals surface area contributed by atoms with E-state index in [9.17, 15) is 4.39 Å². The molecule has 0 spiro atoms. The molecular weight excluding hydrogens is 287 g/mol. The molecule has 3 aromatic rings. The molecule has 0 fully saturated rings. The third-order valence-electron chi connectivity index (χ3n) is 3.02. The smallest absolute Gasteiger partial charge is 0.318 e. The number of ether oxygens (including phenoxy) is 1. The lowest BCUT2D eigenvalue weighted by molar-refractivity contribution is 0.377. The van der Waals surface area contributed by atoms with Crippen molar-refractivity contribution in [2.24, 2.45) is 5.10 Å². The van der Waals surface area contributed by atoms with Gasteiger partial charge in [-0.25, -0.2) is 9.37 Å². The van der Waals surface area contributed by atoms with Gasteiger partial charge >= 0.3 is 6.01 Å². The van der Waals surface area contributed by atoms with E-state index >= 15 is 0 Å². The number of aromatic nitrogens is 2. The maximum atomic E-state index is 13.6. The van der Waals surface area contributed by atoms with E-state index in [2.05, 4.69) is 20.5 Å². The first-order valence-corrected chi connectivity index (χ1v) is 6.53. The Bertz CT molecular complexity index is 811. The minimum Gasteiger partial charge on any atom is -0.467 e. The summed E-state index contributed by atoms with van der Waals surface area (Å²) in [5.41, 5.74) is 3.88. The van der Waals surface area contributed by atoms with Crippen LogP contribution in [0.3, 0.4) is 0 Å². The SMILES string of the molecule is COc1ncc(F)c(N/N=C(\C)c2cc3ccccc3o2)n1. The Hall–Kier alpha value is -2.96. The first kappa shape index (κ1) is 14.0. The van der Waals surface area contributed by atoms with Crippen LogP contribution < -0.4 is 10.2 Å². The molecule has 6 nitrogen and oxygen atoms in total. The van der Waals surface area contributed by atoms with E-state index in [0.717, 1.165) is 17.2 Å². The molecule has 0 saturated carbocycles. The van der Waals surface area contributed by atoms with Crippen LogP contribution in [0.2, 0.25) is 0 Å². The van der Waals surface area contributed by atoms with Crippen LogP contribution in [-0.4, -0.2) is 22.8 Å². The number of fused-ring (bicyclic) bond motifs is 1. The largest absolute Gasteiger partial charge is 0.467 e. The second kappa shape index (κ2) is 5.80. The normalized spacial score (nSPS) is 11.7. The monoisotopic (exact) mass is 300 g/mol. The Morgan fingerprint density at radius 1 is 1.36 bits per heavy atom. The highest BCUT2D eigenvalue weighted by Gasteiger charge is 2.09. The maximum Gasteiger partial charge on any atom is 0.318 e. The number of rotatable bonds is 4. The lowest BCUT2D eigenvalue weighted by Crippen LogP contribution is -2.03. The molecule has 2 heterocycles. The van der Waals surface area contributed by atoms with Crippen molar-refractivity contribution in [3.8, 4) is 6.01 Å². The zero-order chi connectivity index (χ0) is 15.5. The lowest BCUT2D eigenvalue weighted by Gasteiger charge is -2.03. The fraction of sp³-hybridized carbons (Fsp3) is 0.133. The predicted octanol–water partition coefficient (Wildman–Crippen LogP) is 3.21. The molecular formula is C15H13FN4O2. The van der Waals surface area contributed by atoms with Crippen LogP contribution in [0.4, 0.5) is 10.2 Å². The molecule has 7 heteroatoms. The van der Waals surface area contributed by atoms with Gasteiger partial charge in [-0.05, 0) is 19.1 Å². The van der Waals surface area contributed by atoms with Crippen LogP contribution in [0.15, 0.2) is 46.0 Å². The van der Waals surface area contributed by atoms with Crippen molar-refractivity contribution in [3.05, 3.63) is 48.1 Å². The van der Waals surface area contributed by atoms with Crippen molar-refractivity contribution >= 4 is 22.5 Å². The van der Waals surface area contributed by atoms with E-state index in [4.69, 9.17) is 9.15 Å². The van der Waals surface area contributed by atoms with E-state index < -0.39 is 5.82 Å². The average Bonchev–Trinajstić information content (AvgIpc) is 2.98. The van der Waals surface area contributed by atoms with Gasteiger partial charge in [0.1, 0.15) is 11.3 Å². The summed E-state index contributed by atoms with van der Waals surface area (Å²) in [7, 11) is 1.40. The summed E-state index contributed by atoms with van der Waals surface area (Å²) in [6, 6.07) is 9.55. The first-order valence-electron chi connectivity index (χ1n) is 6.53. The molecule has 0 radical (unpaired) electrons. The van der Waals surface area contributed by atoms with Crippen LogP contribution in [0.25, 0.3) is 11.0 Å². The molecule has 112 valence electrons. The van der Waals surface area contributed by atoms with E-state index in [1.54, 1.807) is 6.92 Å². The second-order valence-corrected chi connectivity index (χ2v) is 4.51. The molecule has 3 rings (SSSR count). The number of methoxy groups -OCH3 is 1. The molecule has 1 aromatic carbocycles. The van der Waals surface area contributed by atoms with Gasteiger partial charge in [0.05, 0.1) is 13.3 Å². The van der Waals surface area contributed by atoms with Gasteiger partial charge in [-0.3, -0.25) is 5.43 Å². The standard InChI is InChI=1S/C15H13FN4O2/c1-9(13-7-10-5-3-4-6-12(10)22-13)19-20-14-11(16)8-17-15(18-14)21-2/h3-8H,1-2H3,(H,17,18,20)/b19-9+. The van der Waals surface area contributed by atoms with Crippen LogP contribution in [0, 0.1) is 5.82 Å². The van der Waals surface area contributed by atoms with Gasteiger partial charge < -0.3 is 9.15 Å². The number of benzene rings is 1. The summed E-state index contributed by atoms with van der Waals surface area (Å²) in [6.07, 6.45) is 1.01. The van der Waals surface area contributed by atoms with Crippen molar-refractivity contribution in [1.82, 2.24) is 9.97 Å². The molecule has 0 atom stereocenters. The number of anilines is 1. The number of hydrogen-bond acceptors (Lipinski definition) is 6. The number of furan rings is 1. The zero-order valence-electron chi connectivity index (χ0n) is 12.0. The van der Waals surface area contributed by atoms with E-state index in [1.807, 2.05) is 30.3 Å². The Morgan fingerprint density at radius 3 is 2.95 bits per heavy atom. The number of nitrogens with one attached hydrogen (secondary N) is 1. The number of para-hydroxylation sites is 1. The molecule has 0 amide bonds. The van der Waals surface area contributed by atoms with Crippen molar-refractivity contribution in [3.63, 3.8) is 0 Å². The topological polar surface area (TPSA) is 72.5 Å². The summed E-state index contributed by atoms with van der Waals surface area (Å²) in [5, 5.41) is 5.06. The Kier molecular flexibility index (Phi) is 3.69. The van der Waals surface area contributed by atoms with Crippen LogP contribution in [0.1, 0.15) is 12.7 Å². The molecule has 0 bridgehead atoms. The van der Waals surface area contributed by atoms with Crippen LogP contribution in [0.5, 0.6) is 6.01 Å². The summed E-state index contributed by atoms with van der Waals surface area (Å²) in [4.78, 5) is 7.50. The Morgan fingerprint density at radius 2 is 2.18 bits per heavy atom. The van der Waals surface area contributed by atoms with Crippen molar-refractivity contribution in [1.29, 1.82) is 0 Å². The number of nitrogens with zero attached hydrogens (tertiary/aromatic N) is 3. The number of hydrogen-bond donors (Lipinski definition) is 1. The number of halogens is 1. The van der Waals surface area contributed by atoms with Gasteiger partial charge in [0.25, 0.3) is 0 Å². The minimum absolute atomic E-state index is 0.0560. The molecule has 0 saturated heterocycles. The van der Waals surface area contributed by atoms with Gasteiger partial charge in [-0.2, -0.15) is 10.1 Å². The highest BCUT2D eigenvalue weighted by molar-refractivity contribution is 6.00. The Labute approximate surface area is 125 Å². The second-order valence-electron chi connectivity index (χ2n) is 4.51. The molecule has 1 N–H and O–H groups in total. The fourth-order valence-electron chi connectivity index (χ4n) is 1.88. The maximum absolute atomic E-state index is 13.6. The van der Waals surface area contributed by atoms with Gasteiger partial charge in [0.15, 0.2) is 17.4 Å². The average molecular weight is 300 g/mol. The van der Waals surface area contributed by atoms with E-state index in [-0.39, 0.29) is 11.8 Å². The van der Waals surface area contributed by atoms with Gasteiger partial charge in [-0.15, -0.1) is 0 Å². The van der Waals surface area contributed by atoms with Crippen molar-refractivity contribution < 1.29 is 13.5 Å². The minimum atomic E-state index is -0.623. The molecule has 22 heavy (non-hydrogen) atoms. The molecule has 0 aliphatic carbocycles. The first-order chi connectivity index (χ1) is 10.7. The lowest BCUT2D eigenvalue weighted by atomic mass is 10.2. The zero-order valence-corrected chi connectivity index (χ0v) is 12.0. The van der Waals surface area contributed by atoms with E-state index in [0.29, 0.717) is 11.5 Å². The van der Waals surface area contributed by atoms with Gasteiger partial charge in [-0.1, -0.05) is 18.2 Å². The fourth-order valence-corrected chi connectivity index (χ4v) is 1.88. The number of hydrazone groups is 1. The summed E-state index contributed by atoms with van der Waals surface area (Å²) >= 11 is 0. The van der Waals surface area contributed by atoms with Crippen molar-refractivity contribution in [2.75, 3.05) is 12.5 Å². The molecule has 0 unspecified atom stereocenters. The summed E-state index contributed by atoms with van der Waals surface area (Å²) in [6.45, 7) is 1.75. The predicted molar refractivity (Wildman–Crippen MR) is 80.6 cm³/mol. The van der Waals surface area contributed by atoms with Gasteiger partial charge in [0, 0.05) is 5.39 Å². The van der Waals surface area contributed by atoms with E-state index in [1.165, 1.54) is 7.11 Å². The molecule has 2 aromatic heterocycles. The summed E-state index contributed by atoms with van der Waals surface area (Å²) < 4.78 is 24.1. The highest BCUT2D eigenvalue weighted by atomic mass is 19.1. The quantitative estimate of drug-likeness (QED) is 0.591. The molecule has 0 aliphatic rings. The van der Waals surface area contributed by atoms with Gasteiger partial charge in [0.2, 0.25) is 0 Å². The Balaban J connectivity index is 1.85. The van der Waals surface area contributed by atoms with Crippen molar-refractivity contribution in [2.45, 2.75) is 6.92 Å². The third kappa shape index (κ3) is 2.73. The third-order valence-corrected chi connectivity index (χ3v) is 3.02.